The highest BCUT2D eigenvalue weighted by molar-refractivity contribution is 9.10. The summed E-state index contributed by atoms with van der Waals surface area (Å²) in [5.74, 6) is 0.829. The molecule has 0 aliphatic carbocycles. The van der Waals surface area contributed by atoms with Crippen LogP contribution in [0.1, 0.15) is 5.56 Å². The summed E-state index contributed by atoms with van der Waals surface area (Å²) < 4.78 is 6.10. The van der Waals surface area contributed by atoms with Crippen LogP contribution in [0.3, 0.4) is 0 Å². The number of benzene rings is 2. The number of likely N-dealkylation sites (N-methyl/N-ethyl adjacent to an activating group) is 1. The molecule has 2 aromatic carbocycles. The van der Waals surface area contributed by atoms with Crippen molar-refractivity contribution in [3.8, 4) is 5.75 Å². The lowest BCUT2D eigenvalue weighted by atomic mass is 10.2. The first kappa shape index (κ1) is 16.5. The zero-order chi connectivity index (χ0) is 15.9. The van der Waals surface area contributed by atoms with Crippen LogP contribution in [0.4, 0.5) is 5.69 Å². The minimum atomic E-state index is -0.00713. The van der Waals surface area contributed by atoms with Crippen LogP contribution in [-0.4, -0.2) is 26.6 Å². The molecule has 2 rings (SSSR count). The van der Waals surface area contributed by atoms with Crippen molar-refractivity contribution in [3.63, 3.8) is 0 Å². The number of methoxy groups -OCH3 is 1. The average Bonchev–Trinajstić information content (AvgIpc) is 2.49. The Morgan fingerprint density at radius 3 is 2.73 bits per heavy atom. The van der Waals surface area contributed by atoms with E-state index < -0.39 is 0 Å². The number of anilines is 1. The summed E-state index contributed by atoms with van der Waals surface area (Å²) in [5.41, 5.74) is 1.94. The number of halogens is 1. The SMILES string of the molecule is COc1cccc(C[NH+](C)CC(=O)Nc2ccccc2Br)c1. The lowest BCUT2D eigenvalue weighted by Gasteiger charge is -2.15. The average molecular weight is 364 g/mol. The molecule has 4 nitrogen and oxygen atoms in total. The van der Waals surface area contributed by atoms with Gasteiger partial charge in [0.25, 0.3) is 5.91 Å². The minimum Gasteiger partial charge on any atom is -0.497 e. The molecule has 0 saturated carbocycles. The van der Waals surface area contributed by atoms with E-state index in [9.17, 15) is 4.79 Å². The molecule has 0 aliphatic heterocycles. The Labute approximate surface area is 139 Å². The molecule has 1 amide bonds. The van der Waals surface area contributed by atoms with Gasteiger partial charge in [-0.25, -0.2) is 0 Å². The topological polar surface area (TPSA) is 42.8 Å². The van der Waals surface area contributed by atoms with E-state index in [1.807, 2.05) is 55.6 Å². The number of ether oxygens (including phenoxy) is 1. The molecule has 0 bridgehead atoms. The highest BCUT2D eigenvalue weighted by Gasteiger charge is 2.12. The van der Waals surface area contributed by atoms with E-state index in [0.717, 1.165) is 32.9 Å². The number of nitrogens with one attached hydrogen (secondary N) is 2. The van der Waals surface area contributed by atoms with Crippen LogP contribution in [0.2, 0.25) is 0 Å². The molecular weight excluding hydrogens is 344 g/mol. The van der Waals surface area contributed by atoms with Gasteiger partial charge < -0.3 is 15.0 Å². The largest absolute Gasteiger partial charge is 0.497 e. The third-order valence-corrected chi connectivity index (χ3v) is 3.94. The van der Waals surface area contributed by atoms with Gasteiger partial charge in [-0.15, -0.1) is 0 Å². The highest BCUT2D eigenvalue weighted by Crippen LogP contribution is 2.20. The van der Waals surface area contributed by atoms with Crippen molar-refractivity contribution in [2.45, 2.75) is 6.54 Å². The predicted molar refractivity (Wildman–Crippen MR) is 91.2 cm³/mol. The Morgan fingerprint density at radius 1 is 1.23 bits per heavy atom. The summed E-state index contributed by atoms with van der Waals surface area (Å²) in [5, 5.41) is 2.92. The zero-order valence-electron chi connectivity index (χ0n) is 12.7. The smallest absolute Gasteiger partial charge is 0.279 e. The van der Waals surface area contributed by atoms with E-state index in [2.05, 4.69) is 21.2 Å². The van der Waals surface area contributed by atoms with Crippen LogP contribution in [0, 0.1) is 0 Å². The summed E-state index contributed by atoms with van der Waals surface area (Å²) in [6, 6.07) is 15.5. The maximum absolute atomic E-state index is 12.1. The summed E-state index contributed by atoms with van der Waals surface area (Å²) in [6.07, 6.45) is 0. The quantitative estimate of drug-likeness (QED) is 0.825. The van der Waals surface area contributed by atoms with Crippen LogP contribution in [0.5, 0.6) is 5.75 Å². The van der Waals surface area contributed by atoms with Gasteiger partial charge >= 0.3 is 0 Å². The molecule has 116 valence electrons. The number of carbonyl (C=O) groups excluding carboxylic acids is 1. The first-order valence-electron chi connectivity index (χ1n) is 7.07. The second-order valence-electron chi connectivity index (χ2n) is 5.19. The highest BCUT2D eigenvalue weighted by atomic mass is 79.9. The normalized spacial score (nSPS) is 11.8. The number of rotatable bonds is 6. The molecule has 0 saturated heterocycles. The van der Waals surface area contributed by atoms with Gasteiger partial charge in [0.1, 0.15) is 12.3 Å². The molecule has 2 aromatic rings. The van der Waals surface area contributed by atoms with E-state index in [1.54, 1.807) is 7.11 Å². The Balaban J connectivity index is 1.89. The Bertz CT molecular complexity index is 646. The van der Waals surface area contributed by atoms with Gasteiger partial charge in [0.05, 0.1) is 19.8 Å². The van der Waals surface area contributed by atoms with Gasteiger partial charge in [-0.1, -0.05) is 24.3 Å². The summed E-state index contributed by atoms with van der Waals surface area (Å²) >= 11 is 3.43. The lowest BCUT2D eigenvalue weighted by Crippen LogP contribution is -3.08. The number of carbonyl (C=O) groups is 1. The predicted octanol–water partition coefficient (Wildman–Crippen LogP) is 2.11. The number of hydrogen-bond acceptors (Lipinski definition) is 2. The molecule has 22 heavy (non-hydrogen) atoms. The maximum atomic E-state index is 12.1. The van der Waals surface area contributed by atoms with Gasteiger partial charge in [-0.2, -0.15) is 0 Å². The molecule has 0 radical (unpaired) electrons. The molecule has 0 spiro atoms. The summed E-state index contributed by atoms with van der Waals surface area (Å²) in [4.78, 5) is 13.2. The molecule has 0 heterocycles. The standard InChI is InChI=1S/C17H19BrN2O2/c1-20(11-13-6-5-7-14(10-13)22-2)12-17(21)19-16-9-4-3-8-15(16)18/h3-10H,11-12H2,1-2H3,(H,19,21)/p+1. The van der Waals surface area contributed by atoms with Crippen molar-refractivity contribution in [2.75, 3.05) is 26.0 Å². The molecule has 2 N–H and O–H groups in total. The van der Waals surface area contributed by atoms with Crippen LogP contribution in [0.15, 0.2) is 53.0 Å². The first-order chi connectivity index (χ1) is 10.6. The fraction of sp³-hybridized carbons (Fsp3) is 0.235. The number of quaternary nitrogens is 1. The Kier molecular flexibility index (Phi) is 5.98. The molecule has 5 heteroatoms. The van der Waals surface area contributed by atoms with E-state index in [4.69, 9.17) is 4.74 Å². The van der Waals surface area contributed by atoms with Gasteiger partial charge in [-0.3, -0.25) is 4.79 Å². The van der Waals surface area contributed by atoms with Gasteiger partial charge in [0, 0.05) is 10.0 Å². The van der Waals surface area contributed by atoms with Crippen molar-refractivity contribution in [3.05, 3.63) is 58.6 Å². The number of para-hydroxylation sites is 1. The number of amides is 1. The van der Waals surface area contributed by atoms with Crippen molar-refractivity contribution in [1.82, 2.24) is 0 Å². The van der Waals surface area contributed by atoms with Gasteiger partial charge in [0.15, 0.2) is 6.54 Å². The second-order valence-corrected chi connectivity index (χ2v) is 6.04. The van der Waals surface area contributed by atoms with E-state index in [-0.39, 0.29) is 5.91 Å². The maximum Gasteiger partial charge on any atom is 0.279 e. The van der Waals surface area contributed by atoms with Crippen molar-refractivity contribution in [1.29, 1.82) is 0 Å². The summed E-state index contributed by atoms with van der Waals surface area (Å²) in [7, 11) is 3.65. The van der Waals surface area contributed by atoms with Gasteiger partial charge in [0.2, 0.25) is 0 Å². The molecular formula is C17H20BrN2O2+. The van der Waals surface area contributed by atoms with Crippen molar-refractivity contribution < 1.29 is 14.4 Å². The van der Waals surface area contributed by atoms with Crippen LogP contribution in [-0.2, 0) is 11.3 Å². The lowest BCUT2D eigenvalue weighted by molar-refractivity contribution is -0.885. The monoisotopic (exact) mass is 363 g/mol. The fourth-order valence-corrected chi connectivity index (χ4v) is 2.61. The van der Waals surface area contributed by atoms with Crippen LogP contribution in [0.25, 0.3) is 0 Å². The van der Waals surface area contributed by atoms with Crippen LogP contribution < -0.4 is 15.0 Å². The second kappa shape index (κ2) is 7.96. The van der Waals surface area contributed by atoms with Crippen molar-refractivity contribution >= 4 is 27.5 Å². The van der Waals surface area contributed by atoms with Gasteiger partial charge in [-0.05, 0) is 40.2 Å². The first-order valence-corrected chi connectivity index (χ1v) is 7.86. The van der Waals surface area contributed by atoms with E-state index >= 15 is 0 Å². The third-order valence-electron chi connectivity index (χ3n) is 3.25. The third kappa shape index (κ3) is 4.86. The molecule has 0 aliphatic rings. The Hall–Kier alpha value is -1.85. The molecule has 0 fully saturated rings. The molecule has 1 atom stereocenters. The summed E-state index contributed by atoms with van der Waals surface area (Å²) in [6.45, 7) is 1.17. The van der Waals surface area contributed by atoms with Crippen LogP contribution >= 0.6 is 15.9 Å². The Morgan fingerprint density at radius 2 is 2.00 bits per heavy atom. The fourth-order valence-electron chi connectivity index (χ4n) is 2.22. The molecule has 0 aromatic heterocycles. The van der Waals surface area contributed by atoms with E-state index in [0.29, 0.717) is 6.54 Å². The zero-order valence-corrected chi connectivity index (χ0v) is 14.3. The minimum absolute atomic E-state index is 0.00713. The molecule has 1 unspecified atom stereocenters. The van der Waals surface area contributed by atoms with Crippen molar-refractivity contribution in [2.24, 2.45) is 0 Å². The number of hydrogen-bond donors (Lipinski definition) is 2. The van der Waals surface area contributed by atoms with E-state index in [1.165, 1.54) is 0 Å².